The molecule has 3 N–H and O–H groups in total. The van der Waals surface area contributed by atoms with Gasteiger partial charge in [0, 0.05) is 39.8 Å². The van der Waals surface area contributed by atoms with Crippen molar-refractivity contribution in [2.45, 2.75) is 60.8 Å². The minimum atomic E-state index is -5.32. The zero-order chi connectivity index (χ0) is 37.4. The maximum absolute atomic E-state index is 16.5. The number of rotatable bonds is 7. The summed E-state index contributed by atoms with van der Waals surface area (Å²) >= 11 is 0.996. The number of aromatic nitrogens is 3. The monoisotopic (exact) mass is 791 g/mol. The molecular formula is C32H25F8N5O4S3. The van der Waals surface area contributed by atoms with Gasteiger partial charge in [-0.2, -0.15) is 26.3 Å². The van der Waals surface area contributed by atoms with Gasteiger partial charge in [0.15, 0.2) is 15.7 Å². The van der Waals surface area contributed by atoms with Gasteiger partial charge >= 0.3 is 12.4 Å². The van der Waals surface area contributed by atoms with Gasteiger partial charge in [0.1, 0.15) is 15.7 Å². The molecule has 0 atom stereocenters. The van der Waals surface area contributed by atoms with E-state index >= 15 is 8.78 Å². The Hall–Kier alpha value is -3.75. The second-order valence-corrected chi connectivity index (χ2v) is 18.9. The third kappa shape index (κ3) is 5.41. The van der Waals surface area contributed by atoms with Gasteiger partial charge in [-0.1, -0.05) is 18.2 Å². The molecule has 276 valence electrons. The molecule has 2 aromatic carbocycles. The first-order valence-electron chi connectivity index (χ1n) is 15.6. The van der Waals surface area contributed by atoms with E-state index in [1.165, 1.54) is 24.4 Å². The summed E-state index contributed by atoms with van der Waals surface area (Å²) in [5.41, 5.74) is -6.58. The molecular weight excluding hydrogens is 767 g/mol. The minimum absolute atomic E-state index is 0.0870. The fraction of sp³-hybridized carbons (Fsp3) is 0.406. The van der Waals surface area contributed by atoms with E-state index in [1.54, 1.807) is 0 Å². The Morgan fingerprint density at radius 3 is 2.12 bits per heavy atom. The topological polar surface area (TPSA) is 145 Å². The van der Waals surface area contributed by atoms with Crippen LogP contribution in [0.3, 0.4) is 0 Å². The highest BCUT2D eigenvalue weighted by molar-refractivity contribution is 7.92. The van der Waals surface area contributed by atoms with E-state index in [1.807, 2.05) is 0 Å². The second-order valence-electron chi connectivity index (χ2n) is 14.3. The van der Waals surface area contributed by atoms with E-state index in [0.29, 0.717) is 18.9 Å². The van der Waals surface area contributed by atoms with Crippen LogP contribution in [-0.4, -0.2) is 55.5 Å². The molecule has 2 aromatic heterocycles. The van der Waals surface area contributed by atoms with Gasteiger partial charge in [-0.15, -0.1) is 11.3 Å². The lowest BCUT2D eigenvalue weighted by atomic mass is 9.35. The average Bonchev–Trinajstić information content (AvgIpc) is 3.37. The smallest absolute Gasteiger partial charge is 0.351 e. The summed E-state index contributed by atoms with van der Waals surface area (Å²) in [6.07, 6.45) is -7.85. The largest absolute Gasteiger partial charge is 0.417 e. The van der Waals surface area contributed by atoms with Crippen molar-refractivity contribution in [3.05, 3.63) is 64.8 Å². The van der Waals surface area contributed by atoms with Gasteiger partial charge in [-0.05, 0) is 50.3 Å². The molecule has 20 heteroatoms. The van der Waals surface area contributed by atoms with Crippen LogP contribution < -0.4 is 10.5 Å². The predicted octanol–water partition coefficient (Wildman–Crippen LogP) is 6.85. The zero-order valence-electron chi connectivity index (χ0n) is 26.4. The molecule has 52 heavy (non-hydrogen) atoms. The Bertz CT molecular complexity index is 2370. The van der Waals surface area contributed by atoms with Crippen LogP contribution in [0.1, 0.15) is 42.7 Å². The number of sulfonamides is 1. The van der Waals surface area contributed by atoms with Crippen molar-refractivity contribution < 1.29 is 52.0 Å². The Balaban J connectivity index is 1.20. The SMILES string of the molecule is NS(=O)(=O)c1c(C(F)(F)F)ccc(-c2cccc(-c3nc(C45CC(C(F)(F)F)(C4)C5)sc3-c3ccnc(NC4CC5(C4)CS(=O)(=O)C5)n3)c2F)c1F. The van der Waals surface area contributed by atoms with Gasteiger partial charge in [0.2, 0.25) is 16.0 Å². The van der Waals surface area contributed by atoms with Crippen molar-refractivity contribution in [1.29, 1.82) is 0 Å². The third-order valence-electron chi connectivity index (χ3n) is 10.6. The third-order valence-corrected chi connectivity index (χ3v) is 15.0. The summed E-state index contributed by atoms with van der Waals surface area (Å²) in [6, 6.07) is 5.70. The number of hydrogen-bond donors (Lipinski definition) is 2. The highest BCUT2D eigenvalue weighted by Crippen LogP contribution is 2.79. The van der Waals surface area contributed by atoms with Crippen molar-refractivity contribution in [1.82, 2.24) is 15.0 Å². The normalized spacial score (nSPS) is 24.8. The average molecular weight is 792 g/mol. The van der Waals surface area contributed by atoms with Gasteiger partial charge in [0.05, 0.1) is 38.7 Å². The van der Waals surface area contributed by atoms with Gasteiger partial charge in [0.25, 0.3) is 0 Å². The van der Waals surface area contributed by atoms with Crippen LogP contribution in [0, 0.1) is 22.5 Å². The number of nitrogens with two attached hydrogens (primary N) is 1. The number of thiazole rings is 1. The molecule has 4 saturated carbocycles. The number of nitrogens with zero attached hydrogens (tertiary/aromatic N) is 3. The van der Waals surface area contributed by atoms with Crippen LogP contribution >= 0.6 is 11.3 Å². The molecule has 5 aliphatic rings. The van der Waals surface area contributed by atoms with E-state index in [0.717, 1.165) is 17.4 Å². The standard InChI is InChI=1S/C32H25F8N5O4S3/c33-21-16(17-4-5-19(31(35,36)37)25(22(17)34)52(41,48)49)2-1-3-18(21)23-24(50-26(45-23)29-10-30(11-29,12-29)32(38,39)40)20-6-7-42-27(44-20)43-15-8-28(9-15)13-51(46,47)14-28/h1-7,15H,8-14H2,(H2,41,48,49)(H,42,43,44). The van der Waals surface area contributed by atoms with E-state index in [-0.39, 0.29) is 81.1 Å². The first-order chi connectivity index (χ1) is 24.0. The second kappa shape index (κ2) is 10.9. The maximum atomic E-state index is 16.5. The van der Waals surface area contributed by atoms with Crippen molar-refractivity contribution >= 4 is 37.1 Å². The number of halogens is 8. The van der Waals surface area contributed by atoms with E-state index in [9.17, 15) is 43.2 Å². The first kappa shape index (κ1) is 35.3. The maximum Gasteiger partial charge on any atom is 0.417 e. The van der Waals surface area contributed by atoms with Crippen LogP contribution in [0.5, 0.6) is 0 Å². The number of benzene rings is 2. The molecule has 4 aliphatic carbocycles. The molecule has 9 rings (SSSR count). The van der Waals surface area contributed by atoms with Crippen molar-refractivity contribution in [2.24, 2.45) is 16.0 Å². The van der Waals surface area contributed by atoms with Crippen molar-refractivity contribution in [3.63, 3.8) is 0 Å². The molecule has 1 spiro atoms. The molecule has 1 saturated heterocycles. The highest BCUT2D eigenvalue weighted by Gasteiger charge is 2.79. The van der Waals surface area contributed by atoms with Crippen LogP contribution in [-0.2, 0) is 31.5 Å². The number of anilines is 1. The molecule has 0 amide bonds. The number of sulfone groups is 1. The Morgan fingerprint density at radius 1 is 0.885 bits per heavy atom. The Labute approximate surface area is 294 Å². The molecule has 2 bridgehead atoms. The molecule has 0 unspecified atom stereocenters. The number of primary sulfonamides is 1. The summed E-state index contributed by atoms with van der Waals surface area (Å²) in [6.45, 7) is 0. The summed E-state index contributed by atoms with van der Waals surface area (Å²) in [7, 11) is -8.33. The van der Waals surface area contributed by atoms with E-state index in [4.69, 9.17) is 5.14 Å². The van der Waals surface area contributed by atoms with Crippen molar-refractivity contribution in [3.8, 4) is 33.0 Å². The summed E-state index contributed by atoms with van der Waals surface area (Å²) in [4.78, 5) is 11.7. The molecule has 9 nitrogen and oxygen atoms in total. The van der Waals surface area contributed by atoms with Gasteiger partial charge < -0.3 is 5.32 Å². The Morgan fingerprint density at radius 2 is 1.52 bits per heavy atom. The van der Waals surface area contributed by atoms with E-state index < -0.39 is 76.3 Å². The highest BCUT2D eigenvalue weighted by atomic mass is 32.2. The fourth-order valence-corrected chi connectivity index (χ4v) is 12.7. The van der Waals surface area contributed by atoms with Crippen LogP contribution in [0.2, 0.25) is 0 Å². The number of alkyl halides is 6. The zero-order valence-corrected chi connectivity index (χ0v) is 28.8. The quantitative estimate of drug-likeness (QED) is 0.194. The predicted molar refractivity (Wildman–Crippen MR) is 172 cm³/mol. The lowest BCUT2D eigenvalue weighted by Crippen LogP contribution is -2.70. The summed E-state index contributed by atoms with van der Waals surface area (Å²) in [5.74, 6) is -2.77. The Kier molecular flexibility index (Phi) is 7.40. The molecule has 1 aliphatic heterocycles. The van der Waals surface area contributed by atoms with Gasteiger partial charge in [-0.25, -0.2) is 45.7 Å². The van der Waals surface area contributed by atoms with Crippen molar-refractivity contribution in [2.75, 3.05) is 16.8 Å². The van der Waals surface area contributed by atoms with Crippen LogP contribution in [0.15, 0.2) is 47.5 Å². The van der Waals surface area contributed by atoms with Crippen LogP contribution in [0.25, 0.3) is 33.0 Å². The number of nitrogens with one attached hydrogen (secondary N) is 1. The lowest BCUT2D eigenvalue weighted by molar-refractivity contribution is -0.337. The fourth-order valence-electron chi connectivity index (χ4n) is 8.36. The lowest BCUT2D eigenvalue weighted by Gasteiger charge is -2.69. The summed E-state index contributed by atoms with van der Waals surface area (Å²) in [5, 5.41) is 8.39. The van der Waals surface area contributed by atoms with Gasteiger partial charge in [-0.3, -0.25) is 0 Å². The van der Waals surface area contributed by atoms with Crippen LogP contribution in [0.4, 0.5) is 41.1 Å². The molecule has 5 fully saturated rings. The minimum Gasteiger partial charge on any atom is -0.351 e. The number of hydrogen-bond acceptors (Lipinski definition) is 9. The molecule has 3 heterocycles. The van der Waals surface area contributed by atoms with E-state index in [2.05, 4.69) is 20.3 Å². The first-order valence-corrected chi connectivity index (χ1v) is 19.8. The molecule has 0 radical (unpaired) electrons. The summed E-state index contributed by atoms with van der Waals surface area (Å²) < 4.78 is 162. The molecule has 4 aromatic rings.